The van der Waals surface area contributed by atoms with Crippen LogP contribution in [0, 0.1) is 11.3 Å². The molecule has 0 bridgehead atoms. The van der Waals surface area contributed by atoms with Crippen LogP contribution in [0.1, 0.15) is 38.2 Å². The molecule has 3 rings (SSSR count). The zero-order valence-corrected chi connectivity index (χ0v) is 18.2. The first-order valence-corrected chi connectivity index (χ1v) is 10.8. The van der Waals surface area contributed by atoms with E-state index in [0.29, 0.717) is 13.2 Å². The summed E-state index contributed by atoms with van der Waals surface area (Å²) in [5.41, 5.74) is 1.85. The summed E-state index contributed by atoms with van der Waals surface area (Å²) in [4.78, 5) is 14.7. The molecule has 1 N–H and O–H groups in total. The van der Waals surface area contributed by atoms with E-state index in [2.05, 4.69) is 39.4 Å². The van der Waals surface area contributed by atoms with Gasteiger partial charge in [-0.25, -0.2) is 0 Å². The summed E-state index contributed by atoms with van der Waals surface area (Å²) < 4.78 is 6.53. The molecule has 0 atom stereocenters. The molecule has 5 nitrogen and oxygen atoms in total. The molecule has 0 aromatic heterocycles. The van der Waals surface area contributed by atoms with Crippen LogP contribution in [0.4, 0.5) is 5.69 Å². The van der Waals surface area contributed by atoms with Crippen LogP contribution in [0.3, 0.4) is 0 Å². The first-order chi connectivity index (χ1) is 14.1. The monoisotopic (exact) mass is 455 g/mol. The largest absolute Gasteiger partial charge is 0.494 e. The van der Waals surface area contributed by atoms with Gasteiger partial charge in [-0.15, -0.1) is 0 Å². The van der Waals surface area contributed by atoms with Crippen molar-refractivity contribution in [1.82, 2.24) is 5.32 Å². The molecule has 2 aromatic carbocycles. The van der Waals surface area contributed by atoms with E-state index in [0.717, 1.165) is 35.2 Å². The summed E-state index contributed by atoms with van der Waals surface area (Å²) in [7, 11) is 0. The molecule has 2 aromatic rings. The smallest absolute Gasteiger partial charge is 0.240 e. The molecular formula is C23H26BrN3O2. The standard InChI is InChI=1S/C23H26BrN3O2/c1-2-29-21-11-9-20(10-12-21)27(16-4-15-25)22(28)17-26-23(13-3-14-23)18-5-7-19(24)8-6-18/h5-12,26H,2-4,13-14,16-17H2,1H3. The van der Waals surface area contributed by atoms with Crippen LogP contribution in [0.5, 0.6) is 5.75 Å². The van der Waals surface area contributed by atoms with Crippen molar-refractivity contribution < 1.29 is 9.53 Å². The molecule has 152 valence electrons. The maximum Gasteiger partial charge on any atom is 0.240 e. The predicted molar refractivity (Wildman–Crippen MR) is 118 cm³/mol. The lowest BCUT2D eigenvalue weighted by atomic mass is 9.72. The number of hydrogen-bond acceptors (Lipinski definition) is 4. The maximum absolute atomic E-state index is 13.0. The number of nitriles is 1. The number of nitrogens with one attached hydrogen (secondary N) is 1. The molecule has 0 spiro atoms. The van der Waals surface area contributed by atoms with Gasteiger partial charge in [0, 0.05) is 22.2 Å². The Labute approximate surface area is 180 Å². The minimum absolute atomic E-state index is 0.0344. The maximum atomic E-state index is 13.0. The van der Waals surface area contributed by atoms with Gasteiger partial charge < -0.3 is 9.64 Å². The fourth-order valence-electron chi connectivity index (χ4n) is 3.66. The fraction of sp³-hybridized carbons (Fsp3) is 0.391. The van der Waals surface area contributed by atoms with Gasteiger partial charge >= 0.3 is 0 Å². The highest BCUT2D eigenvalue weighted by Crippen LogP contribution is 2.41. The highest BCUT2D eigenvalue weighted by Gasteiger charge is 2.38. The minimum atomic E-state index is -0.143. The Bertz CT molecular complexity index is 855. The zero-order valence-electron chi connectivity index (χ0n) is 16.7. The van der Waals surface area contributed by atoms with Gasteiger partial charge in [0.05, 0.1) is 25.6 Å². The minimum Gasteiger partial charge on any atom is -0.494 e. The van der Waals surface area contributed by atoms with Crippen molar-refractivity contribution in [2.24, 2.45) is 0 Å². The number of amides is 1. The third-order valence-electron chi connectivity index (χ3n) is 5.39. The van der Waals surface area contributed by atoms with E-state index < -0.39 is 0 Å². The topological polar surface area (TPSA) is 65.4 Å². The highest BCUT2D eigenvalue weighted by atomic mass is 79.9. The Morgan fingerprint density at radius 3 is 2.45 bits per heavy atom. The number of anilines is 1. The van der Waals surface area contributed by atoms with Crippen molar-refractivity contribution in [2.75, 3.05) is 24.6 Å². The summed E-state index contributed by atoms with van der Waals surface area (Å²) in [5.74, 6) is 0.735. The molecule has 0 radical (unpaired) electrons. The third-order valence-corrected chi connectivity index (χ3v) is 5.92. The SMILES string of the molecule is CCOc1ccc(N(CCC#N)C(=O)CNC2(c3ccc(Br)cc3)CCC2)cc1. The van der Waals surface area contributed by atoms with Crippen LogP contribution in [0.15, 0.2) is 53.0 Å². The number of hydrogen-bond donors (Lipinski definition) is 1. The van der Waals surface area contributed by atoms with Gasteiger partial charge in [0.2, 0.25) is 5.91 Å². The third kappa shape index (κ3) is 5.17. The van der Waals surface area contributed by atoms with E-state index in [1.54, 1.807) is 4.90 Å². The van der Waals surface area contributed by atoms with Crippen LogP contribution in [0.25, 0.3) is 0 Å². The molecule has 0 heterocycles. The number of nitrogens with zero attached hydrogens (tertiary/aromatic N) is 2. The number of rotatable bonds is 9. The van der Waals surface area contributed by atoms with Crippen LogP contribution < -0.4 is 15.0 Å². The molecular weight excluding hydrogens is 430 g/mol. The Balaban J connectivity index is 1.71. The summed E-state index contributed by atoms with van der Waals surface area (Å²) in [6, 6.07) is 17.9. The van der Waals surface area contributed by atoms with Gasteiger partial charge in [0.25, 0.3) is 0 Å². The second-order valence-electron chi connectivity index (χ2n) is 7.18. The Morgan fingerprint density at radius 1 is 1.21 bits per heavy atom. The lowest BCUT2D eigenvalue weighted by Gasteiger charge is -2.43. The number of carbonyl (C=O) groups is 1. The lowest BCUT2D eigenvalue weighted by Crippen LogP contribution is -2.52. The van der Waals surface area contributed by atoms with E-state index in [-0.39, 0.29) is 24.4 Å². The second-order valence-corrected chi connectivity index (χ2v) is 8.09. The van der Waals surface area contributed by atoms with Gasteiger partial charge in [-0.2, -0.15) is 5.26 Å². The average molecular weight is 456 g/mol. The molecule has 6 heteroatoms. The van der Waals surface area contributed by atoms with Crippen LogP contribution in [-0.4, -0.2) is 25.6 Å². The molecule has 1 aliphatic carbocycles. The Hall–Kier alpha value is -2.36. The van der Waals surface area contributed by atoms with Gasteiger partial charge in [-0.1, -0.05) is 28.1 Å². The van der Waals surface area contributed by atoms with Gasteiger partial charge in [0.15, 0.2) is 0 Å². The molecule has 1 fully saturated rings. The first-order valence-electron chi connectivity index (χ1n) is 9.99. The van der Waals surface area contributed by atoms with E-state index in [9.17, 15) is 4.79 Å². The van der Waals surface area contributed by atoms with Crippen molar-refractivity contribution in [3.05, 3.63) is 58.6 Å². The second kappa shape index (κ2) is 9.91. The Morgan fingerprint density at radius 2 is 1.90 bits per heavy atom. The first kappa shape index (κ1) is 21.4. The molecule has 1 aliphatic rings. The van der Waals surface area contributed by atoms with Crippen molar-refractivity contribution >= 4 is 27.5 Å². The van der Waals surface area contributed by atoms with Crippen LogP contribution in [-0.2, 0) is 10.3 Å². The quantitative estimate of drug-likeness (QED) is 0.591. The Kier molecular flexibility index (Phi) is 7.29. The lowest BCUT2D eigenvalue weighted by molar-refractivity contribution is -0.118. The van der Waals surface area contributed by atoms with Crippen molar-refractivity contribution in [2.45, 2.75) is 38.1 Å². The molecule has 1 amide bonds. The number of carbonyl (C=O) groups excluding carboxylic acids is 1. The van der Waals surface area contributed by atoms with E-state index in [1.807, 2.05) is 43.3 Å². The summed E-state index contributed by atoms with van der Waals surface area (Å²) in [6.07, 6.45) is 3.47. The van der Waals surface area contributed by atoms with Crippen molar-refractivity contribution in [3.8, 4) is 11.8 Å². The van der Waals surface area contributed by atoms with Crippen molar-refractivity contribution in [1.29, 1.82) is 5.26 Å². The zero-order chi connectivity index (χ0) is 20.7. The number of halogens is 1. The van der Waals surface area contributed by atoms with E-state index in [4.69, 9.17) is 10.00 Å². The van der Waals surface area contributed by atoms with Crippen molar-refractivity contribution in [3.63, 3.8) is 0 Å². The molecule has 1 saturated carbocycles. The summed E-state index contributed by atoms with van der Waals surface area (Å²) in [5, 5.41) is 12.5. The highest BCUT2D eigenvalue weighted by molar-refractivity contribution is 9.10. The van der Waals surface area contributed by atoms with Gasteiger partial charge in [-0.3, -0.25) is 10.1 Å². The molecule has 0 aliphatic heterocycles. The summed E-state index contributed by atoms with van der Waals surface area (Å²) >= 11 is 3.48. The molecule has 0 saturated heterocycles. The molecule has 0 unspecified atom stereocenters. The van der Waals surface area contributed by atoms with E-state index in [1.165, 1.54) is 5.56 Å². The fourth-order valence-corrected chi connectivity index (χ4v) is 3.92. The number of ether oxygens (including phenoxy) is 1. The number of benzene rings is 2. The van der Waals surface area contributed by atoms with Gasteiger partial charge in [-0.05, 0) is 68.1 Å². The average Bonchev–Trinajstić information content (AvgIpc) is 2.70. The summed E-state index contributed by atoms with van der Waals surface area (Å²) in [6.45, 7) is 3.13. The normalized spacial score (nSPS) is 14.5. The van der Waals surface area contributed by atoms with E-state index >= 15 is 0 Å². The van der Waals surface area contributed by atoms with Gasteiger partial charge in [0.1, 0.15) is 5.75 Å². The predicted octanol–water partition coefficient (Wildman–Crippen LogP) is 4.76. The molecule has 29 heavy (non-hydrogen) atoms. The van der Waals surface area contributed by atoms with Crippen LogP contribution in [0.2, 0.25) is 0 Å². The van der Waals surface area contributed by atoms with Crippen LogP contribution >= 0.6 is 15.9 Å².